The second-order valence-electron chi connectivity index (χ2n) is 2.41. The third-order valence-electron chi connectivity index (χ3n) is 1.67. The average Bonchev–Trinajstić information content (AvgIpc) is 2.31. The Hall–Kier alpha value is -1.32. The Balaban J connectivity index is 3.05. The quantitative estimate of drug-likeness (QED) is 0.478. The Bertz CT molecular complexity index is 278. The molecule has 0 aromatic carbocycles. The van der Waals surface area contributed by atoms with Crippen molar-refractivity contribution in [3.8, 4) is 0 Å². The molecule has 0 spiro atoms. The number of nitro groups is 1. The summed E-state index contributed by atoms with van der Waals surface area (Å²) in [4.78, 5) is 9.90. The highest BCUT2D eigenvalue weighted by Gasteiger charge is 2.09. The van der Waals surface area contributed by atoms with Gasteiger partial charge in [0.05, 0.1) is 11.1 Å². The van der Waals surface area contributed by atoms with Gasteiger partial charge in [-0.15, -0.1) is 0 Å². The highest BCUT2D eigenvalue weighted by Crippen LogP contribution is 2.14. The summed E-state index contributed by atoms with van der Waals surface area (Å²) in [6, 6.07) is 1.60. The summed E-state index contributed by atoms with van der Waals surface area (Å²) in [6.07, 6.45) is 2.35. The Labute approximate surface area is 64.6 Å². The average molecular weight is 154 g/mol. The van der Waals surface area contributed by atoms with Crippen molar-refractivity contribution in [1.29, 1.82) is 0 Å². The van der Waals surface area contributed by atoms with E-state index in [-0.39, 0.29) is 10.6 Å². The van der Waals surface area contributed by atoms with Gasteiger partial charge in [-0.05, 0) is 6.42 Å². The zero-order chi connectivity index (χ0) is 8.43. The molecule has 4 heteroatoms. The highest BCUT2D eigenvalue weighted by atomic mass is 16.6. The molecule has 0 unspecified atom stereocenters. The van der Waals surface area contributed by atoms with E-state index in [1.54, 1.807) is 10.6 Å². The van der Waals surface area contributed by atoms with Crippen LogP contribution in [0, 0.1) is 10.1 Å². The maximum Gasteiger partial charge on any atom is 0.287 e. The summed E-state index contributed by atoms with van der Waals surface area (Å²) >= 11 is 0. The fraction of sp³-hybridized carbons (Fsp3) is 0.429. The third kappa shape index (κ3) is 1.39. The van der Waals surface area contributed by atoms with Crippen LogP contribution in [-0.2, 0) is 13.5 Å². The van der Waals surface area contributed by atoms with E-state index in [0.29, 0.717) is 0 Å². The standard InChI is InChI=1S/C7H10N2O2/c1-3-6-4-7(9(10)11)5-8(6)2/h4-5H,3H2,1-2H3. The molecule has 0 bridgehead atoms. The number of rotatable bonds is 2. The maximum absolute atomic E-state index is 10.3. The molecule has 0 radical (unpaired) electrons. The summed E-state index contributed by atoms with van der Waals surface area (Å²) in [6.45, 7) is 1.97. The van der Waals surface area contributed by atoms with E-state index in [9.17, 15) is 10.1 Å². The molecule has 0 aliphatic heterocycles. The molecule has 0 saturated carbocycles. The normalized spacial score (nSPS) is 10.0. The van der Waals surface area contributed by atoms with Gasteiger partial charge in [-0.25, -0.2) is 0 Å². The first-order chi connectivity index (χ1) is 5.15. The zero-order valence-corrected chi connectivity index (χ0v) is 6.57. The van der Waals surface area contributed by atoms with Gasteiger partial charge in [0, 0.05) is 18.8 Å². The van der Waals surface area contributed by atoms with Gasteiger partial charge in [0.1, 0.15) is 0 Å². The van der Waals surface area contributed by atoms with Crippen molar-refractivity contribution in [3.63, 3.8) is 0 Å². The fourth-order valence-electron chi connectivity index (χ4n) is 1.04. The van der Waals surface area contributed by atoms with E-state index >= 15 is 0 Å². The first kappa shape index (κ1) is 7.78. The molecule has 1 rings (SSSR count). The molecular weight excluding hydrogens is 144 g/mol. The second-order valence-corrected chi connectivity index (χ2v) is 2.41. The van der Waals surface area contributed by atoms with Crippen LogP contribution in [0.1, 0.15) is 12.6 Å². The largest absolute Gasteiger partial charge is 0.348 e. The predicted molar refractivity (Wildman–Crippen MR) is 41.4 cm³/mol. The van der Waals surface area contributed by atoms with Gasteiger partial charge in [0.2, 0.25) is 0 Å². The second kappa shape index (κ2) is 2.74. The smallest absolute Gasteiger partial charge is 0.287 e. The number of hydrogen-bond acceptors (Lipinski definition) is 2. The topological polar surface area (TPSA) is 48.1 Å². The molecular formula is C7H10N2O2. The van der Waals surface area contributed by atoms with Crippen LogP contribution in [0.2, 0.25) is 0 Å². The van der Waals surface area contributed by atoms with Crippen molar-refractivity contribution < 1.29 is 4.92 Å². The minimum Gasteiger partial charge on any atom is -0.348 e. The van der Waals surface area contributed by atoms with Crippen LogP contribution in [0.15, 0.2) is 12.3 Å². The van der Waals surface area contributed by atoms with E-state index in [2.05, 4.69) is 0 Å². The molecule has 1 aromatic heterocycles. The number of nitrogens with zero attached hydrogens (tertiary/aromatic N) is 2. The molecule has 0 N–H and O–H groups in total. The van der Waals surface area contributed by atoms with E-state index in [1.807, 2.05) is 14.0 Å². The van der Waals surface area contributed by atoms with Gasteiger partial charge in [0.15, 0.2) is 0 Å². The van der Waals surface area contributed by atoms with Crippen molar-refractivity contribution in [2.45, 2.75) is 13.3 Å². The van der Waals surface area contributed by atoms with Gasteiger partial charge in [-0.2, -0.15) is 0 Å². The Morgan fingerprint density at radius 2 is 2.36 bits per heavy atom. The van der Waals surface area contributed by atoms with Gasteiger partial charge < -0.3 is 4.57 Å². The van der Waals surface area contributed by atoms with Crippen molar-refractivity contribution in [1.82, 2.24) is 4.57 Å². The lowest BCUT2D eigenvalue weighted by molar-refractivity contribution is -0.384. The van der Waals surface area contributed by atoms with Gasteiger partial charge in [-0.3, -0.25) is 10.1 Å². The minimum absolute atomic E-state index is 0.171. The van der Waals surface area contributed by atoms with Crippen molar-refractivity contribution in [3.05, 3.63) is 28.1 Å². The van der Waals surface area contributed by atoms with Crippen molar-refractivity contribution in [2.24, 2.45) is 7.05 Å². The minimum atomic E-state index is -0.376. The van der Waals surface area contributed by atoms with Crippen LogP contribution in [-0.4, -0.2) is 9.49 Å². The molecule has 0 aliphatic rings. The Morgan fingerprint density at radius 3 is 2.64 bits per heavy atom. The van der Waals surface area contributed by atoms with E-state index < -0.39 is 0 Å². The summed E-state index contributed by atoms with van der Waals surface area (Å²) in [5.41, 5.74) is 1.15. The molecule has 0 fully saturated rings. The number of hydrogen-bond donors (Lipinski definition) is 0. The van der Waals surface area contributed by atoms with Gasteiger partial charge in [-0.1, -0.05) is 6.92 Å². The molecule has 0 atom stereocenters. The summed E-state index contributed by atoms with van der Waals surface area (Å²) < 4.78 is 1.78. The van der Waals surface area contributed by atoms with Crippen LogP contribution in [0.3, 0.4) is 0 Å². The molecule has 60 valence electrons. The first-order valence-electron chi connectivity index (χ1n) is 3.44. The van der Waals surface area contributed by atoms with Crippen LogP contribution < -0.4 is 0 Å². The lowest BCUT2D eigenvalue weighted by atomic mass is 10.3. The van der Waals surface area contributed by atoms with E-state index in [0.717, 1.165) is 12.1 Å². The van der Waals surface area contributed by atoms with Crippen molar-refractivity contribution >= 4 is 5.69 Å². The number of aryl methyl sites for hydroxylation is 2. The monoisotopic (exact) mass is 154 g/mol. The molecule has 0 saturated heterocycles. The lowest BCUT2D eigenvalue weighted by Gasteiger charge is -1.93. The third-order valence-corrected chi connectivity index (χ3v) is 1.67. The Kier molecular flexibility index (Phi) is 1.94. The highest BCUT2D eigenvalue weighted by molar-refractivity contribution is 5.31. The molecule has 4 nitrogen and oxygen atoms in total. The Morgan fingerprint density at radius 1 is 1.73 bits per heavy atom. The molecule has 11 heavy (non-hydrogen) atoms. The predicted octanol–water partition coefficient (Wildman–Crippen LogP) is 1.50. The molecule has 1 heterocycles. The fourth-order valence-corrected chi connectivity index (χ4v) is 1.04. The van der Waals surface area contributed by atoms with Gasteiger partial charge in [0.25, 0.3) is 5.69 Å². The van der Waals surface area contributed by atoms with Crippen LogP contribution >= 0.6 is 0 Å². The number of aromatic nitrogens is 1. The zero-order valence-electron chi connectivity index (χ0n) is 6.57. The SMILES string of the molecule is CCc1cc([N+](=O)[O-])cn1C. The first-order valence-corrected chi connectivity index (χ1v) is 3.44. The van der Waals surface area contributed by atoms with Crippen LogP contribution in [0.5, 0.6) is 0 Å². The summed E-state index contributed by atoms with van der Waals surface area (Å²) in [7, 11) is 1.81. The van der Waals surface area contributed by atoms with Crippen molar-refractivity contribution in [2.75, 3.05) is 0 Å². The maximum atomic E-state index is 10.3. The molecule has 1 aromatic rings. The molecule has 0 amide bonds. The summed E-state index contributed by atoms with van der Waals surface area (Å²) in [5.74, 6) is 0. The van der Waals surface area contributed by atoms with E-state index in [4.69, 9.17) is 0 Å². The lowest BCUT2D eigenvalue weighted by Crippen LogP contribution is -1.90. The van der Waals surface area contributed by atoms with E-state index in [1.165, 1.54) is 6.20 Å². The van der Waals surface area contributed by atoms with Crippen LogP contribution in [0.4, 0.5) is 5.69 Å². The van der Waals surface area contributed by atoms with Gasteiger partial charge >= 0.3 is 0 Å². The van der Waals surface area contributed by atoms with Crippen LogP contribution in [0.25, 0.3) is 0 Å². The molecule has 0 aliphatic carbocycles. The summed E-state index contributed by atoms with van der Waals surface area (Å²) in [5, 5.41) is 10.3.